The maximum Gasteiger partial charge on any atom is 0.341 e. The summed E-state index contributed by atoms with van der Waals surface area (Å²) in [6.07, 6.45) is 2.66. The molecule has 0 aliphatic heterocycles. The first-order valence-electron chi connectivity index (χ1n) is 5.57. The number of carboxylic acid groups (broad SMARTS) is 1. The van der Waals surface area contributed by atoms with Crippen molar-refractivity contribution in [3.8, 4) is 0 Å². The lowest BCUT2D eigenvalue weighted by molar-refractivity contribution is 0.0696. The fraction of sp³-hybridized carbons (Fsp3) is 0.154. The van der Waals surface area contributed by atoms with Gasteiger partial charge in [0.05, 0.1) is 0 Å². The Balaban J connectivity index is 2.22. The van der Waals surface area contributed by atoms with Crippen LogP contribution in [0, 0.1) is 0 Å². The zero-order chi connectivity index (χ0) is 13.8. The molecule has 0 aliphatic rings. The molecule has 6 heteroatoms. The first-order chi connectivity index (χ1) is 9.08. The molecule has 19 heavy (non-hydrogen) atoms. The van der Waals surface area contributed by atoms with Gasteiger partial charge in [-0.2, -0.15) is 0 Å². The quantitative estimate of drug-likeness (QED) is 0.937. The van der Waals surface area contributed by atoms with Crippen LogP contribution in [0.1, 0.15) is 15.9 Å². The Morgan fingerprint density at radius 3 is 2.68 bits per heavy atom. The molecule has 1 aromatic carbocycles. The molecule has 0 bridgehead atoms. The highest BCUT2D eigenvalue weighted by Crippen LogP contribution is 2.18. The molecule has 0 fully saturated rings. The maximum absolute atomic E-state index is 11.1. The molecule has 1 heterocycles. The van der Waals surface area contributed by atoms with Crippen molar-refractivity contribution in [3.05, 3.63) is 52.4 Å². The van der Waals surface area contributed by atoms with Crippen LogP contribution in [-0.4, -0.2) is 28.1 Å². The van der Waals surface area contributed by atoms with Crippen LogP contribution in [0.2, 0.25) is 0 Å². The maximum atomic E-state index is 11.1. The predicted octanol–water partition coefficient (Wildman–Crippen LogP) is 2.57. The molecule has 0 amide bonds. The van der Waals surface area contributed by atoms with E-state index in [1.807, 2.05) is 24.3 Å². The molecule has 0 unspecified atom stereocenters. The van der Waals surface area contributed by atoms with Gasteiger partial charge in [-0.05, 0) is 17.7 Å². The molecule has 1 N–H and O–H groups in total. The lowest BCUT2D eigenvalue weighted by Crippen LogP contribution is -2.21. The van der Waals surface area contributed by atoms with E-state index in [1.54, 1.807) is 11.9 Å². The van der Waals surface area contributed by atoms with E-state index in [0.717, 1.165) is 10.0 Å². The van der Waals surface area contributed by atoms with Gasteiger partial charge in [0, 0.05) is 24.3 Å². The van der Waals surface area contributed by atoms with Crippen LogP contribution in [-0.2, 0) is 6.54 Å². The highest BCUT2D eigenvalue weighted by molar-refractivity contribution is 9.10. The highest BCUT2D eigenvalue weighted by Gasteiger charge is 2.15. The number of rotatable bonds is 4. The smallest absolute Gasteiger partial charge is 0.341 e. The number of aromatic carboxylic acids is 1. The fourth-order valence-corrected chi connectivity index (χ4v) is 1.98. The van der Waals surface area contributed by atoms with Crippen molar-refractivity contribution in [3.63, 3.8) is 0 Å². The van der Waals surface area contributed by atoms with Crippen LogP contribution in [0.4, 0.5) is 5.82 Å². The number of aromatic nitrogens is 2. The third-order valence-electron chi connectivity index (χ3n) is 2.62. The minimum Gasteiger partial charge on any atom is -0.477 e. The van der Waals surface area contributed by atoms with Gasteiger partial charge >= 0.3 is 5.97 Å². The molecule has 0 saturated carbocycles. The van der Waals surface area contributed by atoms with Gasteiger partial charge in [-0.15, -0.1) is 0 Å². The van der Waals surface area contributed by atoms with E-state index >= 15 is 0 Å². The molecule has 1 aromatic heterocycles. The Morgan fingerprint density at radius 1 is 1.37 bits per heavy atom. The van der Waals surface area contributed by atoms with Gasteiger partial charge in [-0.25, -0.2) is 14.8 Å². The van der Waals surface area contributed by atoms with Gasteiger partial charge in [0.25, 0.3) is 0 Å². The van der Waals surface area contributed by atoms with Crippen LogP contribution < -0.4 is 4.90 Å². The monoisotopic (exact) mass is 321 g/mol. The van der Waals surface area contributed by atoms with E-state index in [4.69, 9.17) is 5.11 Å². The van der Waals surface area contributed by atoms with Gasteiger partial charge in [0.15, 0.2) is 0 Å². The molecule has 0 atom stereocenters. The van der Waals surface area contributed by atoms with Crippen molar-refractivity contribution in [2.75, 3.05) is 11.9 Å². The van der Waals surface area contributed by atoms with Gasteiger partial charge in [-0.3, -0.25) is 0 Å². The summed E-state index contributed by atoms with van der Waals surface area (Å²) in [5.74, 6) is -0.622. The number of halogens is 1. The van der Waals surface area contributed by atoms with Crippen molar-refractivity contribution >= 4 is 27.7 Å². The average Bonchev–Trinajstić information content (AvgIpc) is 2.41. The SMILES string of the molecule is CN(Cc1ccc(Br)cc1)c1ncncc1C(=O)O. The first-order valence-corrected chi connectivity index (χ1v) is 6.36. The third-order valence-corrected chi connectivity index (χ3v) is 3.14. The van der Waals surface area contributed by atoms with E-state index in [1.165, 1.54) is 12.5 Å². The van der Waals surface area contributed by atoms with Crippen LogP contribution >= 0.6 is 15.9 Å². The molecule has 0 spiro atoms. The molecule has 0 aliphatic carbocycles. The number of nitrogens with zero attached hydrogens (tertiary/aromatic N) is 3. The first kappa shape index (κ1) is 13.5. The van der Waals surface area contributed by atoms with Crippen molar-refractivity contribution in [1.29, 1.82) is 0 Å². The topological polar surface area (TPSA) is 66.3 Å². The van der Waals surface area contributed by atoms with Crippen molar-refractivity contribution in [2.24, 2.45) is 0 Å². The number of anilines is 1. The van der Waals surface area contributed by atoms with Crippen molar-refractivity contribution in [1.82, 2.24) is 9.97 Å². The van der Waals surface area contributed by atoms with Gasteiger partial charge < -0.3 is 10.0 Å². The van der Waals surface area contributed by atoms with Crippen molar-refractivity contribution in [2.45, 2.75) is 6.54 Å². The summed E-state index contributed by atoms with van der Waals surface area (Å²) in [4.78, 5) is 20.7. The molecule has 2 aromatic rings. The summed E-state index contributed by atoms with van der Waals surface area (Å²) in [6.45, 7) is 0.574. The summed E-state index contributed by atoms with van der Waals surface area (Å²) < 4.78 is 1.01. The van der Waals surface area contributed by atoms with E-state index in [-0.39, 0.29) is 5.56 Å². The molecule has 2 rings (SSSR count). The minimum atomic E-state index is -1.03. The lowest BCUT2D eigenvalue weighted by Gasteiger charge is -2.19. The van der Waals surface area contributed by atoms with Crippen LogP contribution in [0.3, 0.4) is 0 Å². The van der Waals surface area contributed by atoms with Crippen LogP contribution in [0.5, 0.6) is 0 Å². The molecular formula is C13H12BrN3O2. The molecular weight excluding hydrogens is 310 g/mol. The number of carbonyl (C=O) groups is 1. The van der Waals surface area contributed by atoms with Crippen LogP contribution in [0.25, 0.3) is 0 Å². The summed E-state index contributed by atoms with van der Waals surface area (Å²) in [5, 5.41) is 9.10. The Bertz CT molecular complexity index is 587. The van der Waals surface area contributed by atoms with E-state index < -0.39 is 5.97 Å². The Morgan fingerprint density at radius 2 is 2.05 bits per heavy atom. The lowest BCUT2D eigenvalue weighted by atomic mass is 10.2. The number of hydrogen-bond donors (Lipinski definition) is 1. The van der Waals surface area contributed by atoms with E-state index in [2.05, 4.69) is 25.9 Å². The molecule has 5 nitrogen and oxygen atoms in total. The van der Waals surface area contributed by atoms with Crippen molar-refractivity contribution < 1.29 is 9.90 Å². The Labute approximate surface area is 119 Å². The standard InChI is InChI=1S/C13H12BrN3O2/c1-17(7-9-2-4-10(14)5-3-9)12-11(13(18)19)6-15-8-16-12/h2-6,8H,7H2,1H3,(H,18,19). The second-order valence-electron chi connectivity index (χ2n) is 4.05. The predicted molar refractivity (Wildman–Crippen MR) is 75.2 cm³/mol. The molecule has 0 saturated heterocycles. The summed E-state index contributed by atoms with van der Waals surface area (Å²) in [6, 6.07) is 7.84. The van der Waals surface area contributed by atoms with Crippen LogP contribution in [0.15, 0.2) is 41.3 Å². The summed E-state index contributed by atoms with van der Waals surface area (Å²) >= 11 is 3.38. The molecule has 0 radical (unpaired) electrons. The normalized spacial score (nSPS) is 10.2. The third kappa shape index (κ3) is 3.29. The number of carboxylic acids is 1. The van der Waals surface area contributed by atoms with Gasteiger partial charge in [0.1, 0.15) is 17.7 Å². The average molecular weight is 322 g/mol. The zero-order valence-corrected chi connectivity index (χ0v) is 11.8. The molecule has 98 valence electrons. The fourth-order valence-electron chi connectivity index (χ4n) is 1.72. The zero-order valence-electron chi connectivity index (χ0n) is 10.2. The van der Waals surface area contributed by atoms with E-state index in [0.29, 0.717) is 12.4 Å². The second kappa shape index (κ2) is 5.79. The number of hydrogen-bond acceptors (Lipinski definition) is 4. The van der Waals surface area contributed by atoms with Gasteiger partial charge in [0.2, 0.25) is 0 Å². The Hall–Kier alpha value is -1.95. The largest absolute Gasteiger partial charge is 0.477 e. The Kier molecular flexibility index (Phi) is 4.11. The van der Waals surface area contributed by atoms with E-state index in [9.17, 15) is 4.79 Å². The number of benzene rings is 1. The summed E-state index contributed by atoms with van der Waals surface area (Å²) in [5.41, 5.74) is 1.17. The minimum absolute atomic E-state index is 0.0992. The van der Waals surface area contributed by atoms with Gasteiger partial charge in [-0.1, -0.05) is 28.1 Å². The summed E-state index contributed by atoms with van der Waals surface area (Å²) in [7, 11) is 1.80. The highest BCUT2D eigenvalue weighted by atomic mass is 79.9. The second-order valence-corrected chi connectivity index (χ2v) is 4.96.